The van der Waals surface area contributed by atoms with Crippen molar-refractivity contribution >= 4 is 0 Å². The average Bonchev–Trinajstić information content (AvgIpc) is 2.03. The number of aliphatic hydroxyl groups is 1. The van der Waals surface area contributed by atoms with E-state index in [0.29, 0.717) is 24.7 Å². The van der Waals surface area contributed by atoms with E-state index in [1.54, 1.807) is 0 Å². The smallest absolute Gasteiger partial charge is 0.0837 e. The lowest BCUT2D eigenvalue weighted by Crippen LogP contribution is -2.62. The Morgan fingerprint density at radius 3 is 1.43 bits per heavy atom. The van der Waals surface area contributed by atoms with E-state index in [1.807, 2.05) is 0 Å². The molecule has 14 heavy (non-hydrogen) atoms. The minimum absolute atomic E-state index is 0.312. The van der Waals surface area contributed by atoms with Crippen LogP contribution in [0.3, 0.4) is 0 Å². The van der Waals surface area contributed by atoms with Gasteiger partial charge in [0.1, 0.15) is 0 Å². The molecule has 2 nitrogen and oxygen atoms in total. The van der Waals surface area contributed by atoms with Crippen molar-refractivity contribution in [2.45, 2.75) is 66.1 Å². The molecule has 0 aromatic heterocycles. The largest absolute Gasteiger partial charge is 0.396 e. The van der Waals surface area contributed by atoms with Gasteiger partial charge in [0, 0.05) is 13.0 Å². The molecule has 1 N–H and O–H groups in total. The summed E-state index contributed by atoms with van der Waals surface area (Å²) in [6.45, 7) is 15.1. The molecule has 0 radical (unpaired) electrons. The molecular weight excluding hydrogens is 174 g/mol. The summed E-state index contributed by atoms with van der Waals surface area (Å²) < 4.78 is 1.11. The molecule has 0 atom stereocenters. The first kappa shape index (κ1) is 13.9. The second-order valence-corrected chi connectivity index (χ2v) is 5.08. The predicted molar refractivity (Wildman–Crippen MR) is 62.2 cm³/mol. The highest BCUT2D eigenvalue weighted by atomic mass is 16.3. The monoisotopic (exact) mass is 202 g/mol. The molecule has 0 rings (SSSR count). The molecule has 86 valence electrons. The maximum Gasteiger partial charge on any atom is 0.0837 e. The zero-order valence-corrected chi connectivity index (χ0v) is 10.7. The van der Waals surface area contributed by atoms with E-state index in [9.17, 15) is 0 Å². The fourth-order valence-corrected chi connectivity index (χ4v) is 2.91. The van der Waals surface area contributed by atoms with Gasteiger partial charge < -0.3 is 9.59 Å². The topological polar surface area (TPSA) is 20.2 Å². The fourth-order valence-electron chi connectivity index (χ4n) is 2.91. The van der Waals surface area contributed by atoms with Gasteiger partial charge in [-0.2, -0.15) is 0 Å². The first-order valence-corrected chi connectivity index (χ1v) is 5.87. The molecule has 0 fully saturated rings. The van der Waals surface area contributed by atoms with Crippen LogP contribution in [0, 0.1) is 0 Å². The van der Waals surface area contributed by atoms with Crippen LogP contribution < -0.4 is 0 Å². The molecule has 0 aliphatic rings. The van der Waals surface area contributed by atoms with Crippen molar-refractivity contribution in [3.05, 3.63) is 0 Å². The third-order valence-corrected chi connectivity index (χ3v) is 3.59. The first-order chi connectivity index (χ1) is 6.39. The summed E-state index contributed by atoms with van der Waals surface area (Å²) in [5, 5.41) is 8.96. The second-order valence-electron chi connectivity index (χ2n) is 5.08. The van der Waals surface area contributed by atoms with Crippen molar-refractivity contribution in [3.63, 3.8) is 0 Å². The molecule has 0 unspecified atom stereocenters. The fraction of sp³-hybridized carbons (Fsp3) is 1.00. The van der Waals surface area contributed by atoms with Crippen LogP contribution in [0.4, 0.5) is 0 Å². The third kappa shape index (κ3) is 2.71. The van der Waals surface area contributed by atoms with Gasteiger partial charge in [-0.05, 0) is 41.5 Å². The van der Waals surface area contributed by atoms with Crippen LogP contribution in [0.15, 0.2) is 0 Å². The van der Waals surface area contributed by atoms with Gasteiger partial charge in [-0.25, -0.2) is 0 Å². The molecular formula is C12H28NO+. The maximum atomic E-state index is 8.96. The van der Waals surface area contributed by atoms with Crippen LogP contribution in [-0.2, 0) is 0 Å². The summed E-state index contributed by atoms with van der Waals surface area (Å²) in [7, 11) is 0. The van der Waals surface area contributed by atoms with Crippen LogP contribution >= 0.6 is 0 Å². The number of nitrogens with zero attached hydrogens (tertiary/aromatic N) is 1. The highest BCUT2D eigenvalue weighted by molar-refractivity contribution is 4.58. The van der Waals surface area contributed by atoms with Gasteiger partial charge in [0.15, 0.2) is 0 Å². The van der Waals surface area contributed by atoms with Gasteiger partial charge in [0.05, 0.1) is 24.7 Å². The minimum Gasteiger partial charge on any atom is -0.396 e. The molecule has 0 bridgehead atoms. The highest BCUT2D eigenvalue weighted by Gasteiger charge is 2.36. The lowest BCUT2D eigenvalue weighted by atomic mass is 10.0. The van der Waals surface area contributed by atoms with Crippen LogP contribution in [0.5, 0.6) is 0 Å². The van der Waals surface area contributed by atoms with Gasteiger partial charge in [-0.15, -0.1) is 0 Å². The van der Waals surface area contributed by atoms with Crippen LogP contribution in [-0.4, -0.2) is 40.9 Å². The Balaban J connectivity index is 4.76. The van der Waals surface area contributed by atoms with Gasteiger partial charge in [0.2, 0.25) is 0 Å². The molecule has 0 aliphatic carbocycles. The van der Waals surface area contributed by atoms with E-state index in [4.69, 9.17) is 5.11 Å². The van der Waals surface area contributed by atoms with E-state index in [1.165, 1.54) is 0 Å². The zero-order valence-electron chi connectivity index (χ0n) is 10.7. The van der Waals surface area contributed by atoms with Crippen molar-refractivity contribution in [2.75, 3.05) is 13.2 Å². The molecule has 0 heterocycles. The Bertz CT molecular complexity index is 131. The Labute approximate surface area is 89.5 Å². The van der Waals surface area contributed by atoms with Crippen molar-refractivity contribution in [1.82, 2.24) is 0 Å². The Morgan fingerprint density at radius 2 is 1.21 bits per heavy atom. The van der Waals surface area contributed by atoms with Crippen molar-refractivity contribution in [3.8, 4) is 0 Å². The number of hydrogen-bond acceptors (Lipinski definition) is 1. The van der Waals surface area contributed by atoms with Crippen molar-refractivity contribution in [2.24, 2.45) is 0 Å². The van der Waals surface area contributed by atoms with Gasteiger partial charge in [-0.3, -0.25) is 0 Å². The van der Waals surface area contributed by atoms with Crippen molar-refractivity contribution in [1.29, 1.82) is 0 Å². The molecule has 0 spiro atoms. The average molecular weight is 202 g/mol. The van der Waals surface area contributed by atoms with Gasteiger partial charge in [0.25, 0.3) is 0 Å². The molecule has 0 aromatic rings. The van der Waals surface area contributed by atoms with E-state index in [-0.39, 0.29) is 0 Å². The van der Waals surface area contributed by atoms with Crippen LogP contribution in [0.2, 0.25) is 0 Å². The highest BCUT2D eigenvalue weighted by Crippen LogP contribution is 2.24. The normalized spacial score (nSPS) is 13.3. The van der Waals surface area contributed by atoms with Crippen LogP contribution in [0.25, 0.3) is 0 Å². The van der Waals surface area contributed by atoms with Crippen molar-refractivity contribution < 1.29 is 9.59 Å². The zero-order chi connectivity index (χ0) is 11.4. The van der Waals surface area contributed by atoms with E-state index in [0.717, 1.165) is 17.4 Å². The summed E-state index contributed by atoms with van der Waals surface area (Å²) in [5.74, 6) is 0. The van der Waals surface area contributed by atoms with E-state index >= 15 is 0 Å². The predicted octanol–water partition coefficient (Wildman–Crippen LogP) is 2.41. The standard InChI is InChI=1S/C12H28NO/c1-10(2)13(11(3)4,12(5)6)8-7-9-14/h10-12,14H,7-9H2,1-6H3/q+1. The molecule has 2 heteroatoms. The van der Waals surface area contributed by atoms with Gasteiger partial charge >= 0.3 is 0 Å². The molecule has 0 amide bonds. The number of aliphatic hydroxyl groups excluding tert-OH is 1. The van der Waals surface area contributed by atoms with Crippen LogP contribution in [0.1, 0.15) is 48.0 Å². The summed E-state index contributed by atoms with van der Waals surface area (Å²) in [4.78, 5) is 0. The summed E-state index contributed by atoms with van der Waals surface area (Å²) in [6, 6.07) is 1.88. The Hall–Kier alpha value is -0.0800. The first-order valence-electron chi connectivity index (χ1n) is 5.87. The Morgan fingerprint density at radius 1 is 0.857 bits per heavy atom. The van der Waals surface area contributed by atoms with Gasteiger partial charge in [-0.1, -0.05) is 0 Å². The number of rotatable bonds is 6. The minimum atomic E-state index is 0.312. The Kier molecular flexibility index (Phi) is 5.68. The number of quaternary nitrogens is 1. The lowest BCUT2D eigenvalue weighted by Gasteiger charge is -2.49. The SMILES string of the molecule is CC(C)[N+](CCCO)(C(C)C)C(C)C. The second kappa shape index (κ2) is 5.72. The molecule has 0 aliphatic heterocycles. The molecule has 0 aromatic carbocycles. The van der Waals surface area contributed by atoms with E-state index < -0.39 is 0 Å². The quantitative estimate of drug-likeness (QED) is 0.656. The number of hydrogen-bond donors (Lipinski definition) is 1. The summed E-state index contributed by atoms with van der Waals surface area (Å²) in [6.07, 6.45) is 0.911. The molecule has 0 saturated heterocycles. The molecule has 0 saturated carbocycles. The maximum absolute atomic E-state index is 8.96. The summed E-state index contributed by atoms with van der Waals surface area (Å²) in [5.41, 5.74) is 0. The summed E-state index contributed by atoms with van der Waals surface area (Å²) >= 11 is 0. The third-order valence-electron chi connectivity index (χ3n) is 3.59. The van der Waals surface area contributed by atoms with E-state index in [2.05, 4.69) is 41.5 Å². The lowest BCUT2D eigenvalue weighted by molar-refractivity contribution is -0.985.